The van der Waals surface area contributed by atoms with Gasteiger partial charge in [0.1, 0.15) is 0 Å². The van der Waals surface area contributed by atoms with Gasteiger partial charge < -0.3 is 10.6 Å². The first-order valence-electron chi connectivity index (χ1n) is 7.26. The number of hydrogen-bond acceptors (Lipinski definition) is 3. The zero-order valence-corrected chi connectivity index (χ0v) is 13.7. The predicted octanol–water partition coefficient (Wildman–Crippen LogP) is 3.80. The van der Waals surface area contributed by atoms with Gasteiger partial charge in [-0.1, -0.05) is 23.7 Å². The van der Waals surface area contributed by atoms with E-state index in [2.05, 4.69) is 32.4 Å². The molecule has 4 nitrogen and oxygen atoms in total. The van der Waals surface area contributed by atoms with Gasteiger partial charge in [-0.05, 0) is 40.9 Å². The minimum Gasteiger partial charge on any atom is -0.334 e. The van der Waals surface area contributed by atoms with Crippen molar-refractivity contribution < 1.29 is 4.79 Å². The number of hydrogen-bond donors (Lipinski definition) is 2. The number of anilines is 1. The van der Waals surface area contributed by atoms with Crippen molar-refractivity contribution in [3.05, 3.63) is 51.7 Å². The van der Waals surface area contributed by atoms with Crippen molar-refractivity contribution in [2.45, 2.75) is 19.0 Å². The van der Waals surface area contributed by atoms with Crippen LogP contribution in [0.2, 0.25) is 5.02 Å². The van der Waals surface area contributed by atoms with Crippen LogP contribution in [0.4, 0.5) is 10.5 Å². The zero-order valence-electron chi connectivity index (χ0n) is 12.1. The second kappa shape index (κ2) is 7.13. The van der Waals surface area contributed by atoms with Gasteiger partial charge in [0.25, 0.3) is 0 Å². The number of halogens is 1. The van der Waals surface area contributed by atoms with Crippen molar-refractivity contribution in [1.82, 2.24) is 10.2 Å². The topological polar surface area (TPSA) is 44.4 Å². The molecule has 1 saturated heterocycles. The van der Waals surface area contributed by atoms with Gasteiger partial charge in [0.05, 0.1) is 10.7 Å². The molecule has 6 heteroatoms. The number of benzene rings is 1. The molecule has 2 amide bonds. The molecule has 22 heavy (non-hydrogen) atoms. The second-order valence-electron chi connectivity index (χ2n) is 5.43. The first-order valence-corrected chi connectivity index (χ1v) is 8.58. The third-order valence-corrected chi connectivity index (χ3v) is 4.78. The van der Waals surface area contributed by atoms with Crippen LogP contribution in [0, 0.1) is 0 Å². The molecule has 3 rings (SSSR count). The lowest BCUT2D eigenvalue weighted by atomic mass is 10.2. The van der Waals surface area contributed by atoms with E-state index in [4.69, 9.17) is 11.6 Å². The molecule has 2 N–H and O–H groups in total. The summed E-state index contributed by atoms with van der Waals surface area (Å²) in [5.41, 5.74) is 1.97. The van der Waals surface area contributed by atoms with E-state index in [1.807, 2.05) is 12.1 Å². The van der Waals surface area contributed by atoms with Crippen LogP contribution in [0.3, 0.4) is 0 Å². The molecular formula is C16H18ClN3OS. The van der Waals surface area contributed by atoms with E-state index in [0.29, 0.717) is 10.7 Å². The van der Waals surface area contributed by atoms with Gasteiger partial charge in [0.15, 0.2) is 0 Å². The highest BCUT2D eigenvalue weighted by Crippen LogP contribution is 2.20. The number of para-hydroxylation sites is 1. The van der Waals surface area contributed by atoms with Crippen LogP contribution in [0.5, 0.6) is 0 Å². The minimum absolute atomic E-state index is 0.182. The van der Waals surface area contributed by atoms with Crippen molar-refractivity contribution in [3.63, 3.8) is 0 Å². The monoisotopic (exact) mass is 335 g/mol. The number of nitrogens with one attached hydrogen (secondary N) is 2. The molecule has 1 aliphatic rings. The summed E-state index contributed by atoms with van der Waals surface area (Å²) in [6.45, 7) is 2.84. The average molecular weight is 336 g/mol. The van der Waals surface area contributed by atoms with Gasteiger partial charge in [0, 0.05) is 25.7 Å². The second-order valence-corrected chi connectivity index (χ2v) is 6.62. The summed E-state index contributed by atoms with van der Waals surface area (Å²) in [7, 11) is 0. The molecule has 1 aliphatic heterocycles. The third kappa shape index (κ3) is 4.00. The number of likely N-dealkylation sites (tertiary alicyclic amines) is 1. The van der Waals surface area contributed by atoms with Gasteiger partial charge in [-0.3, -0.25) is 4.90 Å². The quantitative estimate of drug-likeness (QED) is 0.892. The summed E-state index contributed by atoms with van der Waals surface area (Å²) in [5.74, 6) is 0. The lowest BCUT2D eigenvalue weighted by molar-refractivity contribution is 0.247. The van der Waals surface area contributed by atoms with E-state index in [1.54, 1.807) is 23.5 Å². The van der Waals surface area contributed by atoms with Crippen LogP contribution in [0.25, 0.3) is 0 Å². The highest BCUT2D eigenvalue weighted by Gasteiger charge is 2.24. The maximum atomic E-state index is 12.0. The number of amides is 2. The fourth-order valence-electron chi connectivity index (χ4n) is 2.64. The number of thiophene rings is 1. The minimum atomic E-state index is -0.199. The summed E-state index contributed by atoms with van der Waals surface area (Å²) in [4.78, 5) is 14.4. The maximum Gasteiger partial charge on any atom is 0.319 e. The fraction of sp³-hybridized carbons (Fsp3) is 0.312. The molecule has 0 saturated carbocycles. The Balaban J connectivity index is 1.47. The van der Waals surface area contributed by atoms with E-state index >= 15 is 0 Å². The van der Waals surface area contributed by atoms with Gasteiger partial charge in [0.2, 0.25) is 0 Å². The van der Waals surface area contributed by atoms with Crippen LogP contribution in [-0.2, 0) is 6.54 Å². The lowest BCUT2D eigenvalue weighted by Crippen LogP contribution is -2.39. The number of nitrogens with zero attached hydrogens (tertiary/aromatic N) is 1. The molecule has 116 valence electrons. The Kier molecular flexibility index (Phi) is 4.97. The van der Waals surface area contributed by atoms with Crippen molar-refractivity contribution in [2.24, 2.45) is 0 Å². The molecule has 2 heterocycles. The van der Waals surface area contributed by atoms with Crippen LogP contribution in [0.1, 0.15) is 12.0 Å². The highest BCUT2D eigenvalue weighted by atomic mass is 35.5. The molecule has 0 bridgehead atoms. The van der Waals surface area contributed by atoms with Crippen LogP contribution >= 0.6 is 22.9 Å². The number of urea groups is 1. The largest absolute Gasteiger partial charge is 0.334 e. The lowest BCUT2D eigenvalue weighted by Gasteiger charge is -2.16. The van der Waals surface area contributed by atoms with Crippen LogP contribution < -0.4 is 10.6 Å². The number of rotatable bonds is 4. The van der Waals surface area contributed by atoms with Crippen molar-refractivity contribution in [3.8, 4) is 0 Å². The summed E-state index contributed by atoms with van der Waals surface area (Å²) in [5, 5.41) is 10.6. The van der Waals surface area contributed by atoms with Crippen molar-refractivity contribution in [2.75, 3.05) is 18.4 Å². The van der Waals surface area contributed by atoms with E-state index in [-0.39, 0.29) is 12.1 Å². The van der Waals surface area contributed by atoms with Crippen LogP contribution in [-0.4, -0.2) is 30.1 Å². The molecule has 0 aliphatic carbocycles. The molecule has 1 aromatic heterocycles. The Morgan fingerprint density at radius 3 is 3.00 bits per heavy atom. The molecule has 1 aromatic carbocycles. The molecule has 0 spiro atoms. The summed E-state index contributed by atoms with van der Waals surface area (Å²) >= 11 is 7.76. The molecule has 1 unspecified atom stereocenters. The van der Waals surface area contributed by atoms with Gasteiger partial charge >= 0.3 is 6.03 Å². The van der Waals surface area contributed by atoms with E-state index < -0.39 is 0 Å². The van der Waals surface area contributed by atoms with E-state index in [9.17, 15) is 4.79 Å². The Labute approximate surface area is 139 Å². The van der Waals surface area contributed by atoms with Crippen LogP contribution in [0.15, 0.2) is 41.1 Å². The molecular weight excluding hydrogens is 318 g/mol. The Morgan fingerprint density at radius 2 is 2.23 bits per heavy atom. The first-order chi connectivity index (χ1) is 10.7. The predicted molar refractivity (Wildman–Crippen MR) is 91.6 cm³/mol. The summed E-state index contributed by atoms with van der Waals surface area (Å²) < 4.78 is 0. The zero-order chi connectivity index (χ0) is 15.4. The standard InChI is InChI=1S/C16H18ClN3OS/c17-14-3-1-2-4-15(14)19-16(21)18-13-5-7-20(10-13)9-12-6-8-22-11-12/h1-4,6,8,11,13H,5,7,9-10H2,(H2,18,19,21). The Morgan fingerprint density at radius 1 is 1.36 bits per heavy atom. The highest BCUT2D eigenvalue weighted by molar-refractivity contribution is 7.07. The molecule has 1 atom stereocenters. The fourth-order valence-corrected chi connectivity index (χ4v) is 3.48. The van der Waals surface area contributed by atoms with Crippen molar-refractivity contribution >= 4 is 34.7 Å². The third-order valence-electron chi connectivity index (χ3n) is 3.72. The molecule has 2 aromatic rings. The van der Waals surface area contributed by atoms with Gasteiger partial charge in [-0.2, -0.15) is 11.3 Å². The van der Waals surface area contributed by atoms with Gasteiger partial charge in [-0.15, -0.1) is 0 Å². The maximum absolute atomic E-state index is 12.0. The Bertz CT molecular complexity index is 632. The smallest absolute Gasteiger partial charge is 0.319 e. The van der Waals surface area contributed by atoms with E-state index in [0.717, 1.165) is 26.1 Å². The SMILES string of the molecule is O=C(Nc1ccccc1Cl)NC1CCN(Cc2ccsc2)C1. The van der Waals surface area contributed by atoms with Gasteiger partial charge in [-0.25, -0.2) is 4.79 Å². The Hall–Kier alpha value is -1.56. The van der Waals surface area contributed by atoms with E-state index in [1.165, 1.54) is 5.56 Å². The molecule has 0 radical (unpaired) electrons. The van der Waals surface area contributed by atoms with Crippen molar-refractivity contribution in [1.29, 1.82) is 0 Å². The first kappa shape index (κ1) is 15.3. The summed E-state index contributed by atoms with van der Waals surface area (Å²) in [6.07, 6.45) is 0.972. The number of carbonyl (C=O) groups excluding carboxylic acids is 1. The average Bonchev–Trinajstić information content (AvgIpc) is 3.14. The summed E-state index contributed by atoms with van der Waals surface area (Å²) in [6, 6.07) is 9.37. The molecule has 1 fully saturated rings. The normalized spacial score (nSPS) is 18.3. The number of carbonyl (C=O) groups is 1.